The molecule has 2 fully saturated rings. The number of likely N-dealkylation sites (tertiary alicyclic amines) is 1. The molecule has 2 aromatic heterocycles. The molecule has 9 nitrogen and oxygen atoms in total. The number of likely N-dealkylation sites (N-methyl/N-ethyl adjacent to an activating group) is 1. The Morgan fingerprint density at radius 3 is 2.45 bits per heavy atom. The largest absolute Gasteiger partial charge is 0.341 e. The average Bonchev–Trinajstić information content (AvgIpc) is 3.27. The van der Waals surface area contributed by atoms with Gasteiger partial charge in [0.05, 0.1) is 6.20 Å². The molecule has 3 N–H and O–H groups in total. The molecule has 3 aromatic rings. The molecule has 10 heteroatoms. The van der Waals surface area contributed by atoms with Gasteiger partial charge in [-0.3, -0.25) is 14.8 Å². The maximum Gasteiger partial charge on any atom is 0.243 e. The monoisotopic (exact) mass is 536 g/mol. The predicted molar refractivity (Wildman–Crippen MR) is 152 cm³/mol. The number of aromatic amines is 1. The first-order chi connectivity index (χ1) is 18.2. The van der Waals surface area contributed by atoms with E-state index in [1.807, 2.05) is 27.1 Å². The Balaban J connectivity index is 1.26. The number of anilines is 4. The van der Waals surface area contributed by atoms with Gasteiger partial charge in [-0.15, -0.1) is 0 Å². The highest BCUT2D eigenvalue weighted by Crippen LogP contribution is 2.40. The molecule has 0 atom stereocenters. The second-order valence-corrected chi connectivity index (χ2v) is 11.4. The average molecular weight is 537 g/mol. The molecule has 1 saturated carbocycles. The number of amides is 1. The van der Waals surface area contributed by atoms with E-state index in [1.165, 1.54) is 11.1 Å². The number of rotatable bonds is 7. The molecule has 1 aliphatic heterocycles. The molecule has 3 heterocycles. The number of hydrogen-bond donors (Lipinski definition) is 3. The first-order valence-corrected chi connectivity index (χ1v) is 13.7. The summed E-state index contributed by atoms with van der Waals surface area (Å²) in [7, 11) is 4.08. The second-order valence-electron chi connectivity index (χ2n) is 10.9. The van der Waals surface area contributed by atoms with Crippen LogP contribution in [0.1, 0.15) is 60.4 Å². The summed E-state index contributed by atoms with van der Waals surface area (Å²) >= 11 is 6.32. The third-order valence-electron chi connectivity index (χ3n) is 8.21. The van der Waals surface area contributed by atoms with Crippen LogP contribution >= 0.6 is 11.6 Å². The summed E-state index contributed by atoms with van der Waals surface area (Å²) in [5.41, 5.74) is 5.34. The summed E-state index contributed by atoms with van der Waals surface area (Å²) in [5, 5.41) is 14.0. The molecule has 0 radical (unpaired) electrons. The zero-order valence-electron chi connectivity index (χ0n) is 22.9. The summed E-state index contributed by atoms with van der Waals surface area (Å²) in [4.78, 5) is 26.5. The standard InChI is InChI=1S/C28H37ClN8O/c1-17-14-23(31-27-30-16-22(29)25(33-27)32-24-15-19(3)34-35-24)18(2)13-21(17)20-7-11-37(12-8-20)26(38)28(36(4)5)9-6-10-28/h13-16,20H,6-12H2,1-5H3,(H3,30,31,32,33,34,35). The van der Waals surface area contributed by atoms with E-state index in [1.54, 1.807) is 6.20 Å². The molecule has 1 aliphatic carbocycles. The topological polar surface area (TPSA) is 102 Å². The fraction of sp³-hybridized carbons (Fsp3) is 0.500. The van der Waals surface area contributed by atoms with Gasteiger partial charge in [0, 0.05) is 30.5 Å². The van der Waals surface area contributed by atoms with Crippen molar-refractivity contribution in [2.24, 2.45) is 0 Å². The van der Waals surface area contributed by atoms with E-state index in [2.05, 4.69) is 66.6 Å². The van der Waals surface area contributed by atoms with Crippen molar-refractivity contribution in [1.82, 2.24) is 30.0 Å². The first kappa shape index (κ1) is 26.4. The Kier molecular flexibility index (Phi) is 7.33. The quantitative estimate of drug-likeness (QED) is 0.368. The van der Waals surface area contributed by atoms with Gasteiger partial charge in [-0.25, -0.2) is 4.98 Å². The van der Waals surface area contributed by atoms with E-state index in [9.17, 15) is 4.79 Å². The summed E-state index contributed by atoms with van der Waals surface area (Å²) < 4.78 is 0. The number of carbonyl (C=O) groups is 1. The van der Waals surface area contributed by atoms with Gasteiger partial charge in [-0.2, -0.15) is 10.1 Å². The molecule has 202 valence electrons. The van der Waals surface area contributed by atoms with Gasteiger partial charge in [-0.05, 0) is 95.6 Å². The fourth-order valence-electron chi connectivity index (χ4n) is 5.70. The summed E-state index contributed by atoms with van der Waals surface area (Å²) in [6.45, 7) is 7.83. The van der Waals surface area contributed by atoms with Crippen molar-refractivity contribution >= 4 is 40.8 Å². The lowest BCUT2D eigenvalue weighted by Crippen LogP contribution is -2.62. The van der Waals surface area contributed by atoms with Crippen LogP contribution in [0.4, 0.5) is 23.3 Å². The van der Waals surface area contributed by atoms with Crippen molar-refractivity contribution in [3.05, 3.63) is 51.8 Å². The van der Waals surface area contributed by atoms with Gasteiger partial charge in [0.1, 0.15) is 10.6 Å². The number of halogens is 1. The van der Waals surface area contributed by atoms with Gasteiger partial charge in [0.15, 0.2) is 11.6 Å². The molecule has 1 saturated heterocycles. The lowest BCUT2D eigenvalue weighted by atomic mass is 9.74. The molecule has 0 unspecified atom stereocenters. The zero-order chi connectivity index (χ0) is 27.0. The zero-order valence-corrected chi connectivity index (χ0v) is 23.6. The number of H-pyrrole nitrogens is 1. The van der Waals surface area contributed by atoms with Gasteiger partial charge < -0.3 is 15.5 Å². The van der Waals surface area contributed by atoms with E-state index in [0.29, 0.717) is 34.4 Å². The molecular formula is C28H37ClN8O. The number of carbonyl (C=O) groups excluding carboxylic acids is 1. The van der Waals surface area contributed by atoms with Gasteiger partial charge >= 0.3 is 0 Å². The lowest BCUT2D eigenvalue weighted by Gasteiger charge is -2.49. The molecular weight excluding hydrogens is 500 g/mol. The molecule has 1 amide bonds. The Bertz CT molecular complexity index is 1320. The molecule has 2 aliphatic rings. The minimum Gasteiger partial charge on any atom is -0.341 e. The highest BCUT2D eigenvalue weighted by atomic mass is 35.5. The van der Waals surface area contributed by atoms with E-state index in [0.717, 1.165) is 62.1 Å². The number of piperidine rings is 1. The van der Waals surface area contributed by atoms with E-state index >= 15 is 0 Å². The number of nitrogens with one attached hydrogen (secondary N) is 3. The first-order valence-electron chi connectivity index (χ1n) is 13.3. The minimum absolute atomic E-state index is 0.275. The second kappa shape index (κ2) is 10.5. The number of hydrogen-bond acceptors (Lipinski definition) is 7. The van der Waals surface area contributed by atoms with Crippen molar-refractivity contribution in [3.8, 4) is 0 Å². The predicted octanol–water partition coefficient (Wildman–Crippen LogP) is 5.46. The van der Waals surface area contributed by atoms with Crippen LogP contribution in [0, 0.1) is 20.8 Å². The third-order valence-corrected chi connectivity index (χ3v) is 8.49. The van der Waals surface area contributed by atoms with Crippen molar-refractivity contribution in [2.75, 3.05) is 37.8 Å². The van der Waals surface area contributed by atoms with Crippen molar-refractivity contribution in [1.29, 1.82) is 0 Å². The number of aryl methyl sites for hydroxylation is 3. The SMILES string of the molecule is Cc1cc(Nc2nc(Nc3cc(C)c(C4CCN(C(=O)C5(N(C)C)CCC5)CC4)cc3C)ncc2Cl)n[nH]1. The van der Waals surface area contributed by atoms with Crippen LogP contribution in [0.3, 0.4) is 0 Å². The van der Waals surface area contributed by atoms with Crippen LogP contribution in [0.25, 0.3) is 0 Å². The van der Waals surface area contributed by atoms with Crippen LogP contribution in [0.2, 0.25) is 5.02 Å². The molecule has 0 spiro atoms. The van der Waals surface area contributed by atoms with Crippen LogP contribution in [-0.4, -0.2) is 68.6 Å². The number of nitrogens with zero attached hydrogens (tertiary/aromatic N) is 5. The highest BCUT2D eigenvalue weighted by Gasteiger charge is 2.48. The third kappa shape index (κ3) is 5.09. The smallest absolute Gasteiger partial charge is 0.243 e. The Hall–Kier alpha value is -3.17. The van der Waals surface area contributed by atoms with Crippen LogP contribution < -0.4 is 10.6 Å². The van der Waals surface area contributed by atoms with Gasteiger partial charge in [0.25, 0.3) is 0 Å². The highest BCUT2D eigenvalue weighted by molar-refractivity contribution is 6.32. The summed E-state index contributed by atoms with van der Waals surface area (Å²) in [6, 6.07) is 6.32. The van der Waals surface area contributed by atoms with E-state index in [-0.39, 0.29) is 5.54 Å². The van der Waals surface area contributed by atoms with Gasteiger partial charge in [-0.1, -0.05) is 17.7 Å². The number of aromatic nitrogens is 4. The van der Waals surface area contributed by atoms with Crippen LogP contribution in [-0.2, 0) is 4.79 Å². The van der Waals surface area contributed by atoms with Crippen molar-refractivity contribution in [3.63, 3.8) is 0 Å². The van der Waals surface area contributed by atoms with Crippen molar-refractivity contribution in [2.45, 2.75) is 64.3 Å². The molecule has 5 rings (SSSR count). The van der Waals surface area contributed by atoms with Crippen LogP contribution in [0.5, 0.6) is 0 Å². The van der Waals surface area contributed by atoms with E-state index < -0.39 is 0 Å². The Morgan fingerprint density at radius 2 is 1.84 bits per heavy atom. The van der Waals surface area contributed by atoms with Crippen LogP contribution in [0.15, 0.2) is 24.4 Å². The van der Waals surface area contributed by atoms with Crippen molar-refractivity contribution < 1.29 is 4.79 Å². The van der Waals surface area contributed by atoms with Gasteiger partial charge in [0.2, 0.25) is 11.9 Å². The fourth-order valence-corrected chi connectivity index (χ4v) is 5.84. The summed E-state index contributed by atoms with van der Waals surface area (Å²) in [5.74, 6) is 2.35. The number of benzene rings is 1. The molecule has 0 bridgehead atoms. The van der Waals surface area contributed by atoms with E-state index in [4.69, 9.17) is 11.6 Å². The maximum absolute atomic E-state index is 13.3. The maximum atomic E-state index is 13.3. The molecule has 38 heavy (non-hydrogen) atoms. The minimum atomic E-state index is -0.275. The normalized spacial score (nSPS) is 17.4. The summed E-state index contributed by atoms with van der Waals surface area (Å²) in [6.07, 6.45) is 6.65. The Morgan fingerprint density at radius 1 is 1.11 bits per heavy atom. The lowest BCUT2D eigenvalue weighted by molar-refractivity contribution is -0.150. The Labute approximate surface area is 229 Å². The molecule has 1 aromatic carbocycles.